The van der Waals surface area contributed by atoms with Gasteiger partial charge in [0.2, 0.25) is 5.91 Å². The van der Waals surface area contributed by atoms with E-state index in [1.54, 1.807) is 19.1 Å². The van der Waals surface area contributed by atoms with Crippen molar-refractivity contribution in [3.8, 4) is 11.5 Å². The van der Waals surface area contributed by atoms with Crippen LogP contribution in [0, 0.1) is 0 Å². The fraction of sp³-hybridized carbons (Fsp3) is 0.562. The van der Waals surface area contributed by atoms with Crippen molar-refractivity contribution < 1.29 is 14.3 Å². The molecule has 0 spiro atoms. The van der Waals surface area contributed by atoms with E-state index in [0.29, 0.717) is 19.1 Å². The van der Waals surface area contributed by atoms with Gasteiger partial charge in [0.15, 0.2) is 11.5 Å². The third kappa shape index (κ3) is 2.25. The van der Waals surface area contributed by atoms with Gasteiger partial charge in [0.25, 0.3) is 0 Å². The lowest BCUT2D eigenvalue weighted by atomic mass is 9.85. The van der Waals surface area contributed by atoms with E-state index >= 15 is 0 Å². The lowest BCUT2D eigenvalue weighted by Gasteiger charge is -2.47. The van der Waals surface area contributed by atoms with Crippen LogP contribution >= 0.6 is 0 Å². The number of carbonyl (C=O) groups is 1. The second-order valence-corrected chi connectivity index (χ2v) is 5.93. The molecule has 1 aromatic carbocycles. The van der Waals surface area contributed by atoms with Gasteiger partial charge in [-0.25, -0.2) is 0 Å². The molecule has 3 rings (SSSR count). The third-order valence-corrected chi connectivity index (χ3v) is 4.66. The highest BCUT2D eigenvalue weighted by molar-refractivity contribution is 5.78. The predicted octanol–water partition coefficient (Wildman–Crippen LogP) is 1.81. The molecular formula is C16H22N2O3. The van der Waals surface area contributed by atoms with Crippen LogP contribution in [0.3, 0.4) is 0 Å². The van der Waals surface area contributed by atoms with E-state index in [1.807, 2.05) is 13.1 Å². The molecule has 0 saturated carbocycles. The Balaban J connectivity index is 2.05. The van der Waals surface area contributed by atoms with E-state index in [1.165, 1.54) is 11.1 Å². The van der Waals surface area contributed by atoms with Crippen LogP contribution in [0.15, 0.2) is 12.1 Å². The van der Waals surface area contributed by atoms with Crippen LogP contribution in [0.2, 0.25) is 0 Å². The van der Waals surface area contributed by atoms with Crippen LogP contribution in [-0.2, 0) is 11.2 Å². The Morgan fingerprint density at radius 2 is 1.81 bits per heavy atom. The number of hydrogen-bond acceptors (Lipinski definition) is 4. The first-order valence-corrected chi connectivity index (χ1v) is 7.29. The molecule has 1 fully saturated rings. The highest BCUT2D eigenvalue weighted by atomic mass is 16.5. The molecule has 21 heavy (non-hydrogen) atoms. The highest BCUT2D eigenvalue weighted by Gasteiger charge is 2.39. The zero-order valence-corrected chi connectivity index (χ0v) is 13.0. The van der Waals surface area contributed by atoms with Crippen molar-refractivity contribution in [2.45, 2.75) is 31.8 Å². The van der Waals surface area contributed by atoms with Gasteiger partial charge in [-0.2, -0.15) is 0 Å². The first-order valence-electron chi connectivity index (χ1n) is 7.29. The van der Waals surface area contributed by atoms with E-state index < -0.39 is 0 Å². The van der Waals surface area contributed by atoms with Crippen molar-refractivity contribution in [1.82, 2.24) is 9.80 Å². The monoisotopic (exact) mass is 290 g/mol. The lowest BCUT2D eigenvalue weighted by Crippen LogP contribution is -2.53. The maximum Gasteiger partial charge on any atom is 0.225 e. The summed E-state index contributed by atoms with van der Waals surface area (Å²) >= 11 is 0. The lowest BCUT2D eigenvalue weighted by molar-refractivity contribution is -0.141. The molecule has 1 amide bonds. The van der Waals surface area contributed by atoms with E-state index in [4.69, 9.17) is 9.47 Å². The molecular weight excluding hydrogens is 268 g/mol. The molecule has 0 unspecified atom stereocenters. The summed E-state index contributed by atoms with van der Waals surface area (Å²) in [6.45, 7) is 2.91. The average molecular weight is 290 g/mol. The van der Waals surface area contributed by atoms with Gasteiger partial charge in [0, 0.05) is 25.6 Å². The van der Waals surface area contributed by atoms with Crippen molar-refractivity contribution >= 4 is 5.91 Å². The number of methoxy groups -OCH3 is 2. The summed E-state index contributed by atoms with van der Waals surface area (Å²) in [5.41, 5.74) is 2.46. The number of carbonyl (C=O) groups excluding carboxylic acids is 1. The van der Waals surface area contributed by atoms with Gasteiger partial charge in [0.1, 0.15) is 0 Å². The van der Waals surface area contributed by atoms with Gasteiger partial charge in [-0.1, -0.05) is 0 Å². The topological polar surface area (TPSA) is 42.0 Å². The van der Waals surface area contributed by atoms with E-state index in [9.17, 15) is 4.79 Å². The van der Waals surface area contributed by atoms with Gasteiger partial charge in [-0.05, 0) is 36.6 Å². The summed E-state index contributed by atoms with van der Waals surface area (Å²) < 4.78 is 10.8. The number of rotatable bonds is 2. The zero-order valence-electron chi connectivity index (χ0n) is 13.0. The first-order chi connectivity index (χ1) is 10.0. The van der Waals surface area contributed by atoms with Gasteiger partial charge in [-0.3, -0.25) is 9.69 Å². The number of nitrogens with zero attached hydrogens (tertiary/aromatic N) is 2. The Morgan fingerprint density at radius 3 is 2.48 bits per heavy atom. The Morgan fingerprint density at radius 1 is 1.14 bits per heavy atom. The first kappa shape index (κ1) is 14.2. The van der Waals surface area contributed by atoms with E-state index in [0.717, 1.165) is 17.9 Å². The molecule has 114 valence electrons. The number of fused-ring (bicyclic) bond motifs is 3. The molecule has 2 heterocycles. The number of amides is 1. The minimum absolute atomic E-state index is 0.146. The summed E-state index contributed by atoms with van der Waals surface area (Å²) in [6.07, 6.45) is 1.50. The second-order valence-electron chi connectivity index (χ2n) is 5.93. The molecule has 2 aliphatic rings. The predicted molar refractivity (Wildman–Crippen MR) is 79.5 cm³/mol. The maximum atomic E-state index is 12.1. The van der Waals surface area contributed by atoms with Gasteiger partial charge in [-0.15, -0.1) is 0 Å². The largest absolute Gasteiger partial charge is 0.493 e. The van der Waals surface area contributed by atoms with Crippen molar-refractivity contribution in [1.29, 1.82) is 0 Å². The van der Waals surface area contributed by atoms with Crippen LogP contribution in [0.25, 0.3) is 0 Å². The summed E-state index contributed by atoms with van der Waals surface area (Å²) in [6, 6.07) is 4.66. The number of ether oxygens (including phenoxy) is 2. The quantitative estimate of drug-likeness (QED) is 0.833. The van der Waals surface area contributed by atoms with Crippen LogP contribution in [0.4, 0.5) is 0 Å². The van der Waals surface area contributed by atoms with E-state index in [-0.39, 0.29) is 11.9 Å². The number of hydrogen-bond donors (Lipinski definition) is 0. The van der Waals surface area contributed by atoms with Crippen LogP contribution in [0.1, 0.15) is 30.5 Å². The third-order valence-electron chi connectivity index (χ3n) is 4.66. The smallest absolute Gasteiger partial charge is 0.225 e. The van der Waals surface area contributed by atoms with Crippen LogP contribution in [-0.4, -0.2) is 49.7 Å². The van der Waals surface area contributed by atoms with Gasteiger partial charge < -0.3 is 14.4 Å². The highest BCUT2D eigenvalue weighted by Crippen LogP contribution is 2.42. The molecule has 0 bridgehead atoms. The van der Waals surface area contributed by atoms with E-state index in [2.05, 4.69) is 17.9 Å². The zero-order chi connectivity index (χ0) is 15.1. The minimum Gasteiger partial charge on any atom is -0.493 e. The SMILES string of the molecule is COc1cc2c(cc1OC)[C@H]1CC(=O)N(C)CN1[C@H](C)C2. The molecule has 5 heteroatoms. The van der Waals surface area contributed by atoms with Crippen molar-refractivity contribution in [2.75, 3.05) is 27.9 Å². The fourth-order valence-corrected chi connectivity index (χ4v) is 3.46. The molecule has 0 radical (unpaired) electrons. The fourth-order valence-electron chi connectivity index (χ4n) is 3.46. The molecule has 2 atom stereocenters. The standard InChI is InChI=1S/C16H22N2O3/c1-10-5-11-6-14(20-3)15(21-4)7-12(11)13-8-16(19)17(2)9-18(10)13/h6-7,10,13H,5,8-9H2,1-4H3/t10-,13-/m1/s1. The molecule has 0 N–H and O–H groups in total. The molecule has 0 aliphatic carbocycles. The van der Waals surface area contributed by atoms with Crippen molar-refractivity contribution in [3.05, 3.63) is 23.3 Å². The second kappa shape index (κ2) is 5.22. The van der Waals surface area contributed by atoms with Crippen LogP contribution in [0.5, 0.6) is 11.5 Å². The average Bonchev–Trinajstić information content (AvgIpc) is 2.48. The maximum absolute atomic E-state index is 12.1. The Labute approximate surface area is 125 Å². The summed E-state index contributed by atoms with van der Waals surface area (Å²) in [5, 5.41) is 0. The summed E-state index contributed by atoms with van der Waals surface area (Å²) in [7, 11) is 5.17. The van der Waals surface area contributed by atoms with Gasteiger partial charge in [0.05, 0.1) is 20.9 Å². The molecule has 1 aromatic rings. The summed E-state index contributed by atoms with van der Waals surface area (Å²) in [4.78, 5) is 16.3. The van der Waals surface area contributed by atoms with Crippen molar-refractivity contribution in [3.63, 3.8) is 0 Å². The van der Waals surface area contributed by atoms with Crippen molar-refractivity contribution in [2.24, 2.45) is 0 Å². The Bertz CT molecular complexity index is 573. The number of benzene rings is 1. The molecule has 1 saturated heterocycles. The molecule has 0 aromatic heterocycles. The molecule has 2 aliphatic heterocycles. The minimum atomic E-state index is 0.146. The summed E-state index contributed by atoms with van der Waals surface area (Å²) in [5.74, 6) is 1.69. The Hall–Kier alpha value is -1.75. The van der Waals surface area contributed by atoms with Crippen LogP contribution < -0.4 is 9.47 Å². The normalized spacial score (nSPS) is 25.3. The van der Waals surface area contributed by atoms with Gasteiger partial charge >= 0.3 is 0 Å². The Kier molecular flexibility index (Phi) is 3.53. The molecule has 5 nitrogen and oxygen atoms in total.